The minimum atomic E-state index is -1.23. The Balaban J connectivity index is 0.000000158. The molecule has 4 fully saturated rings. The van der Waals surface area contributed by atoms with E-state index in [1.807, 2.05) is 0 Å². The molecule has 38 heavy (non-hydrogen) atoms. The maximum atomic E-state index is 11.0. The van der Waals surface area contributed by atoms with Crippen molar-refractivity contribution in [1.82, 2.24) is 9.80 Å². The van der Waals surface area contributed by atoms with Crippen LogP contribution < -0.4 is 0 Å². The Morgan fingerprint density at radius 2 is 1.45 bits per heavy atom. The van der Waals surface area contributed by atoms with Crippen molar-refractivity contribution in [2.24, 2.45) is 5.92 Å². The molecule has 2 heterocycles. The average molecular weight is 527 g/mol. The van der Waals surface area contributed by atoms with Crippen LogP contribution in [0.25, 0.3) is 5.57 Å². The third-order valence-electron chi connectivity index (χ3n) is 10.2. The fourth-order valence-corrected chi connectivity index (χ4v) is 7.86. The quantitative estimate of drug-likeness (QED) is 0.413. The summed E-state index contributed by atoms with van der Waals surface area (Å²) in [6.07, 6.45) is 13.1. The lowest BCUT2D eigenvalue weighted by Crippen LogP contribution is -2.62. The summed E-state index contributed by atoms with van der Waals surface area (Å²) in [5, 5.41) is 41.4. The highest BCUT2D eigenvalue weighted by Crippen LogP contribution is 2.53. The molecule has 0 aromatic heterocycles. The summed E-state index contributed by atoms with van der Waals surface area (Å²) in [6.45, 7) is 7.38. The van der Waals surface area contributed by atoms with Crippen molar-refractivity contribution < 1.29 is 20.4 Å². The van der Waals surface area contributed by atoms with Crippen LogP contribution in [0, 0.1) is 5.92 Å². The van der Waals surface area contributed by atoms with Crippen molar-refractivity contribution in [3.8, 4) is 0 Å². The first kappa shape index (κ1) is 28.3. The van der Waals surface area contributed by atoms with Crippen molar-refractivity contribution in [3.05, 3.63) is 41.5 Å². The number of fused-ring (bicyclic) bond motifs is 2. The number of aliphatic hydroxyl groups is 4. The fraction of sp³-hybridized carbons (Fsp3) is 0.750. The highest BCUT2D eigenvalue weighted by molar-refractivity contribution is 5.72. The largest absolute Gasteiger partial charge is 0.390 e. The highest BCUT2D eigenvalue weighted by atomic mass is 16.4. The van der Waals surface area contributed by atoms with Crippen molar-refractivity contribution in [3.63, 3.8) is 0 Å². The van der Waals surface area contributed by atoms with Crippen molar-refractivity contribution in [2.75, 3.05) is 39.3 Å². The molecule has 4 N–H and O–H groups in total. The Morgan fingerprint density at radius 3 is 2.16 bits per heavy atom. The van der Waals surface area contributed by atoms with Crippen molar-refractivity contribution in [1.29, 1.82) is 0 Å². The molecule has 2 aliphatic heterocycles. The summed E-state index contributed by atoms with van der Waals surface area (Å²) in [5.41, 5.74) is 2.16. The lowest BCUT2D eigenvalue weighted by molar-refractivity contribution is -0.220. The zero-order valence-corrected chi connectivity index (χ0v) is 23.2. The van der Waals surface area contributed by atoms with Crippen LogP contribution >= 0.6 is 0 Å². The fourth-order valence-electron chi connectivity index (χ4n) is 7.86. The normalized spacial score (nSPS) is 35.1. The van der Waals surface area contributed by atoms with Crippen LogP contribution in [0.15, 0.2) is 30.3 Å². The molecule has 3 aliphatic carbocycles. The van der Waals surface area contributed by atoms with E-state index in [0.717, 1.165) is 32.2 Å². The predicted molar refractivity (Wildman–Crippen MR) is 152 cm³/mol. The summed E-state index contributed by atoms with van der Waals surface area (Å²) < 4.78 is 0. The van der Waals surface area contributed by atoms with Crippen LogP contribution in [0.4, 0.5) is 0 Å². The first-order chi connectivity index (χ1) is 18.4. The van der Waals surface area contributed by atoms with E-state index in [4.69, 9.17) is 0 Å². The van der Waals surface area contributed by atoms with E-state index in [9.17, 15) is 20.4 Å². The SMILES string of the molecule is C1=C(CCCN2CCCC2)c2ccccc2C1.OC1CC2(O)CCC(CCCN3CCCC3)C2(O)CC1O. The van der Waals surface area contributed by atoms with Gasteiger partial charge in [-0.2, -0.15) is 0 Å². The maximum Gasteiger partial charge on any atom is 0.0987 e. The van der Waals surface area contributed by atoms with Gasteiger partial charge < -0.3 is 30.2 Å². The number of rotatable bonds is 8. The van der Waals surface area contributed by atoms with Gasteiger partial charge in [-0.1, -0.05) is 30.3 Å². The Morgan fingerprint density at radius 1 is 0.816 bits per heavy atom. The molecule has 5 aliphatic rings. The molecule has 1 aromatic carbocycles. The number of benzene rings is 1. The van der Waals surface area contributed by atoms with Gasteiger partial charge in [0.05, 0.1) is 23.4 Å². The summed E-state index contributed by atoms with van der Waals surface area (Å²) in [4.78, 5) is 5.08. The molecule has 0 amide bonds. The van der Waals surface area contributed by atoms with Crippen LogP contribution in [0.1, 0.15) is 88.2 Å². The second-order valence-electron chi connectivity index (χ2n) is 12.7. The first-order valence-electron chi connectivity index (χ1n) is 15.4. The number of likely N-dealkylation sites (tertiary alicyclic amines) is 2. The van der Waals surface area contributed by atoms with Crippen molar-refractivity contribution >= 4 is 5.57 Å². The van der Waals surface area contributed by atoms with E-state index in [2.05, 4.69) is 40.1 Å². The van der Waals surface area contributed by atoms with E-state index < -0.39 is 23.4 Å². The van der Waals surface area contributed by atoms with Gasteiger partial charge in [-0.15, -0.1) is 0 Å². The van der Waals surface area contributed by atoms with Gasteiger partial charge in [0.1, 0.15) is 0 Å². The van der Waals surface area contributed by atoms with Gasteiger partial charge in [-0.25, -0.2) is 0 Å². The van der Waals surface area contributed by atoms with Crippen molar-refractivity contribution in [2.45, 2.75) is 107 Å². The monoisotopic (exact) mass is 526 g/mol. The minimum Gasteiger partial charge on any atom is -0.390 e. The van der Waals surface area contributed by atoms with Crippen LogP contribution in [0.2, 0.25) is 0 Å². The number of hydrogen-bond donors (Lipinski definition) is 4. The Bertz CT molecular complexity index is 941. The van der Waals surface area contributed by atoms with Crippen LogP contribution in [0.3, 0.4) is 0 Å². The summed E-state index contributed by atoms with van der Waals surface area (Å²) in [6, 6.07) is 8.86. The van der Waals surface area contributed by atoms with Crippen LogP contribution in [-0.4, -0.2) is 92.9 Å². The van der Waals surface area contributed by atoms with Crippen LogP contribution in [0.5, 0.6) is 0 Å². The van der Waals surface area contributed by atoms with E-state index in [1.54, 1.807) is 5.57 Å². The molecule has 6 rings (SSSR count). The second kappa shape index (κ2) is 12.5. The number of aliphatic hydroxyl groups excluding tert-OH is 2. The summed E-state index contributed by atoms with van der Waals surface area (Å²) >= 11 is 0. The van der Waals surface area contributed by atoms with Gasteiger partial charge in [-0.05, 0) is 133 Å². The second-order valence-corrected chi connectivity index (χ2v) is 12.7. The smallest absolute Gasteiger partial charge is 0.0987 e. The predicted octanol–water partition coefficient (Wildman–Crippen LogP) is 3.75. The topological polar surface area (TPSA) is 87.4 Å². The average Bonchev–Trinajstić information content (AvgIpc) is 3.71. The molecule has 1 aromatic rings. The zero-order chi connectivity index (χ0) is 26.6. The third kappa shape index (κ3) is 6.21. The van der Waals surface area contributed by atoms with E-state index in [1.165, 1.54) is 82.4 Å². The lowest BCUT2D eigenvalue weighted by atomic mass is 9.67. The number of hydrogen-bond acceptors (Lipinski definition) is 6. The van der Waals surface area contributed by atoms with Gasteiger partial charge in [0.25, 0.3) is 0 Å². The number of allylic oxidation sites excluding steroid dienone is 2. The molecule has 212 valence electrons. The zero-order valence-electron chi connectivity index (χ0n) is 23.2. The molecule has 6 heteroatoms. The Labute approximate surface area is 229 Å². The van der Waals surface area contributed by atoms with Gasteiger partial charge in [0.15, 0.2) is 0 Å². The molecular formula is C32H50N2O4. The molecule has 0 spiro atoms. The lowest BCUT2D eigenvalue weighted by Gasteiger charge is -2.48. The van der Waals surface area contributed by atoms with E-state index in [-0.39, 0.29) is 18.8 Å². The Hall–Kier alpha value is -1.28. The number of nitrogens with zero attached hydrogens (tertiary/aromatic N) is 2. The van der Waals surface area contributed by atoms with Crippen LogP contribution in [-0.2, 0) is 6.42 Å². The van der Waals surface area contributed by atoms with Gasteiger partial charge in [0, 0.05) is 12.8 Å². The highest BCUT2D eigenvalue weighted by Gasteiger charge is 2.62. The van der Waals surface area contributed by atoms with Gasteiger partial charge in [-0.3, -0.25) is 0 Å². The van der Waals surface area contributed by atoms with Gasteiger partial charge in [0.2, 0.25) is 0 Å². The molecule has 2 saturated heterocycles. The molecule has 6 nitrogen and oxygen atoms in total. The molecule has 0 radical (unpaired) electrons. The summed E-state index contributed by atoms with van der Waals surface area (Å²) in [5.74, 6) is 0.0345. The van der Waals surface area contributed by atoms with E-state index >= 15 is 0 Å². The molecule has 5 unspecified atom stereocenters. The van der Waals surface area contributed by atoms with E-state index in [0.29, 0.717) is 6.42 Å². The molecular weight excluding hydrogens is 476 g/mol. The molecule has 0 bridgehead atoms. The summed E-state index contributed by atoms with van der Waals surface area (Å²) in [7, 11) is 0. The minimum absolute atomic E-state index is 0.0345. The third-order valence-corrected chi connectivity index (χ3v) is 10.2. The standard InChI is InChI=1S/C16H29NO4.C16H21N/c18-13-10-15(20)6-5-12(16(15,21)11-14(13)19)4-3-9-17-7-1-2-8-17;1-2-8-16-14(6-1)9-10-15(16)7-5-13-17-11-3-4-12-17/h12-14,18-21H,1-11H2;1-2,6,8,10H,3-5,7,9,11-13H2. The van der Waals surface area contributed by atoms with Gasteiger partial charge >= 0.3 is 0 Å². The first-order valence-corrected chi connectivity index (χ1v) is 15.4. The Kier molecular flexibility index (Phi) is 9.29. The molecule has 5 atom stereocenters. The molecule has 2 saturated carbocycles. The maximum absolute atomic E-state index is 11.0.